The van der Waals surface area contributed by atoms with Crippen molar-refractivity contribution in [2.24, 2.45) is 5.41 Å². The number of hydrogen-bond acceptors (Lipinski definition) is 2. The normalized spacial score (nSPS) is 24.8. The lowest BCUT2D eigenvalue weighted by molar-refractivity contribution is 0.232. The number of benzene rings is 1. The first-order valence-electron chi connectivity index (χ1n) is 6.89. The van der Waals surface area contributed by atoms with Crippen LogP contribution in [-0.4, -0.2) is 17.5 Å². The molecule has 2 heteroatoms. The molecule has 1 aliphatic rings. The van der Waals surface area contributed by atoms with Gasteiger partial charge in [0, 0.05) is 17.8 Å². The molecule has 0 radical (unpaired) electrons. The topological polar surface area (TPSA) is 12.0 Å². The SMILES string of the molecule is Cc1cccc([C@H](C)NC2CSCCC2(C)C)c1. The van der Waals surface area contributed by atoms with Crippen molar-refractivity contribution >= 4 is 11.8 Å². The first kappa shape index (κ1) is 14.0. The number of rotatable bonds is 3. The zero-order valence-corrected chi connectivity index (χ0v) is 12.8. The Bertz CT molecular complexity index is 400. The van der Waals surface area contributed by atoms with Gasteiger partial charge in [0.05, 0.1) is 0 Å². The molecule has 1 N–H and O–H groups in total. The molecule has 1 nitrogen and oxygen atoms in total. The van der Waals surface area contributed by atoms with Crippen molar-refractivity contribution in [2.75, 3.05) is 11.5 Å². The van der Waals surface area contributed by atoms with Crippen molar-refractivity contribution in [1.29, 1.82) is 0 Å². The summed E-state index contributed by atoms with van der Waals surface area (Å²) in [6.45, 7) is 9.24. The highest BCUT2D eigenvalue weighted by atomic mass is 32.2. The maximum Gasteiger partial charge on any atom is 0.0295 e. The van der Waals surface area contributed by atoms with Crippen LogP contribution >= 0.6 is 11.8 Å². The first-order chi connectivity index (χ1) is 8.49. The second-order valence-electron chi connectivity index (χ2n) is 6.17. The summed E-state index contributed by atoms with van der Waals surface area (Å²) in [5.74, 6) is 2.55. The van der Waals surface area contributed by atoms with E-state index in [0.29, 0.717) is 17.5 Å². The van der Waals surface area contributed by atoms with Crippen molar-refractivity contribution in [3.63, 3.8) is 0 Å². The third-order valence-corrected chi connectivity index (χ3v) is 5.17. The van der Waals surface area contributed by atoms with Gasteiger partial charge >= 0.3 is 0 Å². The van der Waals surface area contributed by atoms with Crippen molar-refractivity contribution in [3.05, 3.63) is 35.4 Å². The molecule has 2 rings (SSSR count). The van der Waals surface area contributed by atoms with Crippen LogP contribution in [0.25, 0.3) is 0 Å². The zero-order valence-electron chi connectivity index (χ0n) is 12.0. The van der Waals surface area contributed by atoms with Gasteiger partial charge in [-0.1, -0.05) is 43.7 Å². The van der Waals surface area contributed by atoms with E-state index >= 15 is 0 Å². The minimum atomic E-state index is 0.420. The van der Waals surface area contributed by atoms with Crippen molar-refractivity contribution in [2.45, 2.75) is 46.2 Å². The molecule has 1 fully saturated rings. The number of aryl methyl sites for hydroxylation is 1. The molecular formula is C16H25NS. The first-order valence-corrected chi connectivity index (χ1v) is 8.05. The van der Waals surface area contributed by atoms with E-state index in [1.165, 1.54) is 29.1 Å². The highest BCUT2D eigenvalue weighted by Crippen LogP contribution is 2.35. The monoisotopic (exact) mass is 263 g/mol. The summed E-state index contributed by atoms with van der Waals surface area (Å²) in [5.41, 5.74) is 3.17. The van der Waals surface area contributed by atoms with E-state index in [2.05, 4.69) is 69.0 Å². The van der Waals surface area contributed by atoms with Gasteiger partial charge in [-0.25, -0.2) is 0 Å². The van der Waals surface area contributed by atoms with Crippen LogP contribution in [0.3, 0.4) is 0 Å². The van der Waals surface area contributed by atoms with Gasteiger partial charge in [0.15, 0.2) is 0 Å². The number of hydrogen-bond donors (Lipinski definition) is 1. The van der Waals surface area contributed by atoms with Crippen LogP contribution in [0.2, 0.25) is 0 Å². The molecule has 100 valence electrons. The van der Waals surface area contributed by atoms with Crippen molar-refractivity contribution in [3.8, 4) is 0 Å². The molecule has 1 aliphatic heterocycles. The minimum Gasteiger partial charge on any atom is -0.306 e. The Morgan fingerprint density at radius 1 is 1.39 bits per heavy atom. The van der Waals surface area contributed by atoms with Crippen LogP contribution in [0, 0.1) is 12.3 Å². The zero-order chi connectivity index (χ0) is 13.2. The highest BCUT2D eigenvalue weighted by molar-refractivity contribution is 7.99. The summed E-state index contributed by atoms with van der Waals surface area (Å²) in [5, 5.41) is 3.83. The van der Waals surface area contributed by atoms with E-state index in [1.54, 1.807) is 0 Å². The van der Waals surface area contributed by atoms with E-state index in [0.717, 1.165) is 0 Å². The summed E-state index contributed by atoms with van der Waals surface area (Å²) < 4.78 is 0. The largest absolute Gasteiger partial charge is 0.306 e. The third-order valence-electron chi connectivity index (χ3n) is 4.11. The summed E-state index contributed by atoms with van der Waals surface area (Å²) in [7, 11) is 0. The lowest BCUT2D eigenvalue weighted by Gasteiger charge is -2.40. The van der Waals surface area contributed by atoms with Crippen LogP contribution in [0.15, 0.2) is 24.3 Å². The molecule has 2 atom stereocenters. The molecule has 1 saturated heterocycles. The van der Waals surface area contributed by atoms with Gasteiger partial charge in [-0.05, 0) is 37.0 Å². The van der Waals surface area contributed by atoms with Gasteiger partial charge in [0.1, 0.15) is 0 Å². The molecular weight excluding hydrogens is 238 g/mol. The van der Waals surface area contributed by atoms with Crippen LogP contribution in [-0.2, 0) is 0 Å². The lowest BCUT2D eigenvalue weighted by atomic mass is 9.81. The van der Waals surface area contributed by atoms with Crippen molar-refractivity contribution in [1.82, 2.24) is 5.32 Å². The van der Waals surface area contributed by atoms with Gasteiger partial charge in [-0.3, -0.25) is 0 Å². The number of thioether (sulfide) groups is 1. The van der Waals surface area contributed by atoms with Crippen LogP contribution < -0.4 is 5.32 Å². The van der Waals surface area contributed by atoms with Crippen LogP contribution in [0.5, 0.6) is 0 Å². The molecule has 0 bridgehead atoms. The van der Waals surface area contributed by atoms with Gasteiger partial charge in [-0.2, -0.15) is 11.8 Å². The smallest absolute Gasteiger partial charge is 0.0295 e. The Hall–Kier alpha value is -0.470. The molecule has 0 amide bonds. The Morgan fingerprint density at radius 2 is 2.17 bits per heavy atom. The molecule has 18 heavy (non-hydrogen) atoms. The van der Waals surface area contributed by atoms with Gasteiger partial charge in [-0.15, -0.1) is 0 Å². The third kappa shape index (κ3) is 3.30. The maximum atomic E-state index is 3.83. The summed E-state index contributed by atoms with van der Waals surface area (Å²) >= 11 is 2.08. The highest BCUT2D eigenvalue weighted by Gasteiger charge is 2.33. The Labute approximate surface area is 116 Å². The van der Waals surface area contributed by atoms with E-state index in [1.807, 2.05) is 0 Å². The standard InChI is InChI=1S/C16H25NS/c1-12-6-5-7-14(10-12)13(2)17-15-11-18-9-8-16(15,3)4/h5-7,10,13,15,17H,8-9,11H2,1-4H3/t13-,15?/m0/s1. The molecule has 0 aliphatic carbocycles. The molecule has 1 aromatic carbocycles. The Morgan fingerprint density at radius 3 is 2.83 bits per heavy atom. The second kappa shape index (κ2) is 5.66. The average molecular weight is 263 g/mol. The van der Waals surface area contributed by atoms with Crippen LogP contribution in [0.4, 0.5) is 0 Å². The molecule has 0 spiro atoms. The fourth-order valence-electron chi connectivity index (χ4n) is 2.55. The van der Waals surface area contributed by atoms with Gasteiger partial charge < -0.3 is 5.32 Å². The molecule has 0 saturated carbocycles. The molecule has 1 unspecified atom stereocenters. The van der Waals surface area contributed by atoms with Crippen molar-refractivity contribution < 1.29 is 0 Å². The van der Waals surface area contributed by atoms with E-state index in [-0.39, 0.29) is 0 Å². The fourth-order valence-corrected chi connectivity index (χ4v) is 4.17. The maximum absolute atomic E-state index is 3.83. The number of nitrogens with one attached hydrogen (secondary N) is 1. The predicted octanol–water partition coefficient (Wildman–Crippen LogP) is 4.18. The summed E-state index contributed by atoms with van der Waals surface area (Å²) in [4.78, 5) is 0. The van der Waals surface area contributed by atoms with E-state index in [9.17, 15) is 0 Å². The Kier molecular flexibility index (Phi) is 4.39. The summed E-state index contributed by atoms with van der Waals surface area (Å²) in [6, 6.07) is 9.90. The average Bonchev–Trinajstić information content (AvgIpc) is 2.31. The minimum absolute atomic E-state index is 0.420. The molecule has 0 aromatic heterocycles. The van der Waals surface area contributed by atoms with Gasteiger partial charge in [0.2, 0.25) is 0 Å². The summed E-state index contributed by atoms with van der Waals surface area (Å²) in [6.07, 6.45) is 1.32. The predicted molar refractivity (Wildman–Crippen MR) is 82.2 cm³/mol. The fraction of sp³-hybridized carbons (Fsp3) is 0.625. The van der Waals surface area contributed by atoms with E-state index < -0.39 is 0 Å². The van der Waals surface area contributed by atoms with Gasteiger partial charge in [0.25, 0.3) is 0 Å². The molecule has 1 aromatic rings. The quantitative estimate of drug-likeness (QED) is 0.878. The molecule has 1 heterocycles. The van der Waals surface area contributed by atoms with E-state index in [4.69, 9.17) is 0 Å². The second-order valence-corrected chi connectivity index (χ2v) is 7.32. The Balaban J connectivity index is 2.04. The lowest BCUT2D eigenvalue weighted by Crippen LogP contribution is -2.47. The van der Waals surface area contributed by atoms with Crippen LogP contribution in [0.1, 0.15) is 44.4 Å².